The van der Waals surface area contributed by atoms with Crippen LogP contribution in [0, 0.1) is 0 Å². The normalized spacial score (nSPS) is 20.3. The third-order valence-corrected chi connectivity index (χ3v) is 1.62. The summed E-state index contributed by atoms with van der Waals surface area (Å²) in [5.41, 5.74) is 0. The summed E-state index contributed by atoms with van der Waals surface area (Å²) in [6, 6.07) is 0.713. The summed E-state index contributed by atoms with van der Waals surface area (Å²) in [6.07, 6.45) is 0. The van der Waals surface area contributed by atoms with Crippen LogP contribution in [-0.2, 0) is 0 Å². The van der Waals surface area contributed by atoms with Crippen molar-refractivity contribution in [2.75, 3.05) is 19.8 Å². The number of nitrogens with zero attached hydrogens (tertiary/aromatic N) is 1. The molecular weight excluding hydrogens is 136 g/mol. The Balaban J connectivity index is 0.000000640. The predicted molar refractivity (Wildman–Crippen MR) is 42.0 cm³/mol. The van der Waals surface area contributed by atoms with Gasteiger partial charge in [0.1, 0.15) is 0 Å². The lowest BCUT2D eigenvalue weighted by Crippen LogP contribution is -2.29. The van der Waals surface area contributed by atoms with Crippen molar-refractivity contribution < 1.29 is 0 Å². The first-order valence-electron chi connectivity index (χ1n) is 3.25. The molecule has 0 aromatic rings. The predicted octanol–water partition coefficient (Wildman–Crippen LogP) is 0.679. The average molecular weight is 151 g/mol. The van der Waals surface area contributed by atoms with Gasteiger partial charge in [-0.15, -0.1) is 12.4 Å². The van der Waals surface area contributed by atoms with Crippen molar-refractivity contribution in [1.82, 2.24) is 10.2 Å². The zero-order valence-corrected chi connectivity index (χ0v) is 6.87. The van der Waals surface area contributed by atoms with Crippen LogP contribution in [-0.4, -0.2) is 30.7 Å². The van der Waals surface area contributed by atoms with Crippen LogP contribution in [0.2, 0.25) is 0 Å². The highest BCUT2D eigenvalue weighted by Crippen LogP contribution is 1.98. The Bertz CT molecular complexity index is 69.5. The smallest absolute Gasteiger partial charge is 0.0483 e. The van der Waals surface area contributed by atoms with Crippen molar-refractivity contribution in [2.45, 2.75) is 19.9 Å². The fraction of sp³-hybridized carbons (Fsp3) is 1.00. The molecular formula is C6H15ClN2. The second kappa shape index (κ2) is 4.09. The van der Waals surface area contributed by atoms with Crippen molar-refractivity contribution in [3.63, 3.8) is 0 Å². The number of halogens is 1. The number of hydrogen-bond donors (Lipinski definition) is 1. The van der Waals surface area contributed by atoms with Crippen molar-refractivity contribution >= 4 is 12.4 Å². The monoisotopic (exact) mass is 150 g/mol. The van der Waals surface area contributed by atoms with E-state index in [1.807, 2.05) is 0 Å². The quantitative estimate of drug-likeness (QED) is 0.592. The molecule has 0 aliphatic carbocycles. The van der Waals surface area contributed by atoms with Gasteiger partial charge in [0.05, 0.1) is 0 Å². The molecule has 0 radical (unpaired) electrons. The zero-order valence-electron chi connectivity index (χ0n) is 6.05. The fourth-order valence-corrected chi connectivity index (χ4v) is 0.965. The van der Waals surface area contributed by atoms with Gasteiger partial charge < -0.3 is 5.32 Å². The minimum atomic E-state index is 0. The van der Waals surface area contributed by atoms with Gasteiger partial charge in [0.2, 0.25) is 0 Å². The minimum absolute atomic E-state index is 0. The summed E-state index contributed by atoms with van der Waals surface area (Å²) in [6.45, 7) is 7.92. The summed E-state index contributed by atoms with van der Waals surface area (Å²) in [7, 11) is 0. The molecule has 3 heteroatoms. The van der Waals surface area contributed by atoms with Gasteiger partial charge in [0.15, 0.2) is 0 Å². The molecule has 0 atom stereocenters. The molecule has 0 aromatic carbocycles. The van der Waals surface area contributed by atoms with Crippen LogP contribution >= 0.6 is 12.4 Å². The summed E-state index contributed by atoms with van der Waals surface area (Å²) >= 11 is 0. The largest absolute Gasteiger partial charge is 0.303 e. The van der Waals surface area contributed by atoms with Gasteiger partial charge in [-0.1, -0.05) is 0 Å². The summed E-state index contributed by atoms with van der Waals surface area (Å²) in [5.74, 6) is 0. The number of hydrogen-bond acceptors (Lipinski definition) is 2. The van der Waals surface area contributed by atoms with E-state index in [9.17, 15) is 0 Å². The molecule has 0 unspecified atom stereocenters. The minimum Gasteiger partial charge on any atom is -0.303 e. The lowest BCUT2D eigenvalue weighted by Gasteiger charge is -2.17. The Kier molecular flexibility index (Phi) is 4.19. The van der Waals surface area contributed by atoms with Gasteiger partial charge in [-0.25, -0.2) is 0 Å². The summed E-state index contributed by atoms with van der Waals surface area (Å²) < 4.78 is 0. The van der Waals surface area contributed by atoms with E-state index in [1.165, 1.54) is 6.54 Å². The first-order chi connectivity index (χ1) is 3.80. The number of nitrogens with one attached hydrogen (secondary N) is 1. The lowest BCUT2D eigenvalue weighted by molar-refractivity contribution is 0.273. The van der Waals surface area contributed by atoms with Gasteiger partial charge in [-0.2, -0.15) is 0 Å². The van der Waals surface area contributed by atoms with Gasteiger partial charge >= 0.3 is 0 Å². The van der Waals surface area contributed by atoms with Crippen molar-refractivity contribution in [3.8, 4) is 0 Å². The van der Waals surface area contributed by atoms with Crippen LogP contribution in [0.1, 0.15) is 13.8 Å². The molecule has 0 spiro atoms. The van der Waals surface area contributed by atoms with Crippen LogP contribution in [0.25, 0.3) is 0 Å². The van der Waals surface area contributed by atoms with E-state index in [4.69, 9.17) is 0 Å². The molecule has 9 heavy (non-hydrogen) atoms. The maximum absolute atomic E-state index is 3.28. The van der Waals surface area contributed by atoms with E-state index in [2.05, 4.69) is 24.1 Å². The van der Waals surface area contributed by atoms with Crippen LogP contribution in [0.5, 0.6) is 0 Å². The Labute approximate surface area is 63.0 Å². The first-order valence-corrected chi connectivity index (χ1v) is 3.25. The van der Waals surface area contributed by atoms with Gasteiger partial charge in [0, 0.05) is 25.8 Å². The average Bonchev–Trinajstić information content (AvgIpc) is 2.12. The van der Waals surface area contributed by atoms with Crippen LogP contribution in [0.4, 0.5) is 0 Å². The Hall–Kier alpha value is 0.210. The van der Waals surface area contributed by atoms with E-state index < -0.39 is 0 Å². The Morgan fingerprint density at radius 3 is 2.33 bits per heavy atom. The molecule has 0 bridgehead atoms. The summed E-state index contributed by atoms with van der Waals surface area (Å²) in [4.78, 5) is 2.42. The number of rotatable bonds is 1. The standard InChI is InChI=1S/C6H14N2.ClH/c1-6(2)8-4-3-7-5-8;/h6-7H,3-5H2,1-2H3;1H. The third-order valence-electron chi connectivity index (χ3n) is 1.62. The maximum atomic E-state index is 3.28. The molecule has 1 aliphatic rings. The molecule has 1 saturated heterocycles. The van der Waals surface area contributed by atoms with Crippen molar-refractivity contribution in [3.05, 3.63) is 0 Å². The Morgan fingerprint density at radius 1 is 1.44 bits per heavy atom. The van der Waals surface area contributed by atoms with E-state index >= 15 is 0 Å². The Morgan fingerprint density at radius 2 is 2.11 bits per heavy atom. The van der Waals surface area contributed by atoms with Crippen LogP contribution in [0.15, 0.2) is 0 Å². The second-order valence-corrected chi connectivity index (χ2v) is 2.56. The molecule has 1 N–H and O–H groups in total. The molecule has 0 amide bonds. The zero-order chi connectivity index (χ0) is 5.98. The first kappa shape index (κ1) is 9.21. The highest BCUT2D eigenvalue weighted by Gasteiger charge is 2.12. The van der Waals surface area contributed by atoms with Crippen LogP contribution < -0.4 is 5.32 Å². The van der Waals surface area contributed by atoms with Crippen molar-refractivity contribution in [1.29, 1.82) is 0 Å². The van der Waals surface area contributed by atoms with Gasteiger partial charge in [0.25, 0.3) is 0 Å². The van der Waals surface area contributed by atoms with E-state index in [-0.39, 0.29) is 12.4 Å². The molecule has 2 nitrogen and oxygen atoms in total. The maximum Gasteiger partial charge on any atom is 0.0483 e. The summed E-state index contributed by atoms with van der Waals surface area (Å²) in [5, 5.41) is 3.28. The molecule has 1 fully saturated rings. The molecule has 1 aliphatic heterocycles. The molecule has 1 rings (SSSR count). The molecule has 0 saturated carbocycles. The van der Waals surface area contributed by atoms with E-state index in [1.54, 1.807) is 0 Å². The lowest BCUT2D eigenvalue weighted by atomic mass is 10.3. The molecule has 0 aromatic heterocycles. The topological polar surface area (TPSA) is 15.3 Å². The molecule has 56 valence electrons. The van der Waals surface area contributed by atoms with Gasteiger partial charge in [-0.05, 0) is 13.8 Å². The van der Waals surface area contributed by atoms with Crippen molar-refractivity contribution in [2.24, 2.45) is 0 Å². The van der Waals surface area contributed by atoms with Crippen LogP contribution in [0.3, 0.4) is 0 Å². The molecule has 1 heterocycles. The third kappa shape index (κ3) is 2.52. The van der Waals surface area contributed by atoms with Gasteiger partial charge in [-0.3, -0.25) is 4.90 Å². The second-order valence-electron chi connectivity index (χ2n) is 2.56. The SMILES string of the molecule is CC(C)N1CCNC1.Cl. The van der Waals surface area contributed by atoms with E-state index in [0.29, 0.717) is 6.04 Å². The highest BCUT2D eigenvalue weighted by molar-refractivity contribution is 5.85. The fourth-order valence-electron chi connectivity index (χ4n) is 0.965. The van der Waals surface area contributed by atoms with E-state index in [0.717, 1.165) is 13.2 Å². The highest BCUT2D eigenvalue weighted by atomic mass is 35.5.